The molecule has 0 bridgehead atoms. The zero-order chi connectivity index (χ0) is 13.0. The minimum absolute atomic E-state index is 0.176. The molecule has 0 aliphatic carbocycles. The van der Waals surface area contributed by atoms with E-state index in [1.54, 1.807) is 24.9 Å². The number of methoxy groups -OCH3 is 1. The van der Waals surface area contributed by atoms with Crippen LogP contribution >= 0.6 is 27.7 Å². The molecule has 0 fully saturated rings. The maximum atomic E-state index is 13.6. The highest BCUT2D eigenvalue weighted by atomic mass is 79.9. The molecule has 0 unspecified atom stereocenters. The summed E-state index contributed by atoms with van der Waals surface area (Å²) in [5.74, 6) is 1.27. The molecule has 0 aliphatic heterocycles. The van der Waals surface area contributed by atoms with E-state index in [-0.39, 0.29) is 5.82 Å². The van der Waals surface area contributed by atoms with Crippen molar-refractivity contribution in [1.29, 1.82) is 0 Å². The van der Waals surface area contributed by atoms with Crippen LogP contribution in [0.2, 0.25) is 0 Å². The summed E-state index contributed by atoms with van der Waals surface area (Å²) in [6.07, 6.45) is 0. The summed E-state index contributed by atoms with van der Waals surface area (Å²) in [6.45, 7) is 0. The van der Waals surface area contributed by atoms with Gasteiger partial charge in [-0.05, 0) is 42.0 Å². The SMILES string of the molecule is COc1ccc(SCc2ccc(Br)cc2F)cc1. The van der Waals surface area contributed by atoms with Crippen LogP contribution in [0, 0.1) is 5.82 Å². The van der Waals surface area contributed by atoms with Gasteiger partial charge in [-0.25, -0.2) is 4.39 Å². The van der Waals surface area contributed by atoms with Crippen molar-refractivity contribution in [3.05, 3.63) is 58.3 Å². The van der Waals surface area contributed by atoms with Gasteiger partial charge < -0.3 is 4.74 Å². The second-order valence-corrected chi connectivity index (χ2v) is 5.66. The molecule has 18 heavy (non-hydrogen) atoms. The smallest absolute Gasteiger partial charge is 0.128 e. The third-order valence-corrected chi connectivity index (χ3v) is 4.02. The third kappa shape index (κ3) is 3.50. The predicted molar refractivity (Wildman–Crippen MR) is 76.7 cm³/mol. The summed E-state index contributed by atoms with van der Waals surface area (Å²) in [5.41, 5.74) is 0.707. The molecule has 2 aromatic carbocycles. The molecule has 0 atom stereocenters. The Balaban J connectivity index is 2.02. The Kier molecular flexibility index (Phi) is 4.66. The van der Waals surface area contributed by atoms with E-state index in [1.165, 1.54) is 6.07 Å². The molecule has 0 radical (unpaired) electrons. The molecule has 94 valence electrons. The molecule has 0 heterocycles. The van der Waals surface area contributed by atoms with Gasteiger partial charge >= 0.3 is 0 Å². The Hall–Kier alpha value is -1.00. The van der Waals surface area contributed by atoms with Crippen LogP contribution < -0.4 is 4.74 Å². The normalized spacial score (nSPS) is 10.4. The highest BCUT2D eigenvalue weighted by Crippen LogP contribution is 2.26. The van der Waals surface area contributed by atoms with Crippen LogP contribution in [-0.4, -0.2) is 7.11 Å². The molecule has 2 rings (SSSR count). The summed E-state index contributed by atoms with van der Waals surface area (Å²) in [5, 5.41) is 0. The van der Waals surface area contributed by atoms with E-state index in [2.05, 4.69) is 15.9 Å². The first-order valence-corrected chi connectivity index (χ1v) is 7.17. The molecule has 4 heteroatoms. The maximum absolute atomic E-state index is 13.6. The number of hydrogen-bond donors (Lipinski definition) is 0. The maximum Gasteiger partial charge on any atom is 0.128 e. The van der Waals surface area contributed by atoms with Gasteiger partial charge in [0, 0.05) is 15.1 Å². The van der Waals surface area contributed by atoms with Crippen LogP contribution in [0.3, 0.4) is 0 Å². The van der Waals surface area contributed by atoms with E-state index in [0.29, 0.717) is 11.3 Å². The minimum Gasteiger partial charge on any atom is -0.497 e. The number of ether oxygens (including phenoxy) is 1. The van der Waals surface area contributed by atoms with Crippen LogP contribution in [0.25, 0.3) is 0 Å². The van der Waals surface area contributed by atoms with E-state index < -0.39 is 0 Å². The lowest BCUT2D eigenvalue weighted by atomic mass is 10.2. The molecular formula is C14H12BrFOS. The van der Waals surface area contributed by atoms with Crippen molar-refractivity contribution in [1.82, 2.24) is 0 Å². The molecule has 0 spiro atoms. The Morgan fingerprint density at radius 3 is 2.50 bits per heavy atom. The van der Waals surface area contributed by atoms with Crippen LogP contribution in [0.4, 0.5) is 4.39 Å². The van der Waals surface area contributed by atoms with Gasteiger partial charge in [0.2, 0.25) is 0 Å². The largest absolute Gasteiger partial charge is 0.497 e. The lowest BCUT2D eigenvalue weighted by Crippen LogP contribution is -1.87. The standard InChI is InChI=1S/C14H12BrFOS/c1-17-12-4-6-13(7-5-12)18-9-10-2-3-11(15)8-14(10)16/h2-8H,9H2,1H3. The van der Waals surface area contributed by atoms with Gasteiger partial charge in [-0.15, -0.1) is 11.8 Å². The molecule has 0 N–H and O–H groups in total. The lowest BCUT2D eigenvalue weighted by Gasteiger charge is -2.05. The first-order chi connectivity index (χ1) is 8.69. The molecule has 0 amide bonds. The van der Waals surface area contributed by atoms with E-state index in [9.17, 15) is 4.39 Å². The van der Waals surface area contributed by atoms with Gasteiger partial charge in [-0.1, -0.05) is 22.0 Å². The Morgan fingerprint density at radius 1 is 1.17 bits per heavy atom. The van der Waals surface area contributed by atoms with Crippen molar-refractivity contribution in [3.8, 4) is 5.75 Å². The average molecular weight is 327 g/mol. The Bertz CT molecular complexity index is 528. The molecule has 0 aliphatic rings. The summed E-state index contributed by atoms with van der Waals surface area (Å²) in [7, 11) is 1.64. The molecule has 0 aromatic heterocycles. The first-order valence-electron chi connectivity index (χ1n) is 5.40. The number of halogens is 2. The zero-order valence-corrected chi connectivity index (χ0v) is 12.2. The molecule has 0 saturated carbocycles. The highest BCUT2D eigenvalue weighted by Gasteiger charge is 2.03. The second-order valence-electron chi connectivity index (χ2n) is 3.70. The predicted octanol–water partition coefficient (Wildman–Crippen LogP) is 4.89. The first kappa shape index (κ1) is 13.4. The Morgan fingerprint density at radius 2 is 1.89 bits per heavy atom. The van der Waals surface area contributed by atoms with Gasteiger partial charge in [0.25, 0.3) is 0 Å². The molecular weight excluding hydrogens is 315 g/mol. The number of hydrogen-bond acceptors (Lipinski definition) is 2. The molecule has 0 saturated heterocycles. The zero-order valence-electron chi connectivity index (χ0n) is 9.82. The summed E-state index contributed by atoms with van der Waals surface area (Å²) in [4.78, 5) is 1.10. The minimum atomic E-state index is -0.176. The van der Waals surface area contributed by atoms with Gasteiger partial charge in [-0.3, -0.25) is 0 Å². The topological polar surface area (TPSA) is 9.23 Å². The fraction of sp³-hybridized carbons (Fsp3) is 0.143. The van der Waals surface area contributed by atoms with Crippen molar-refractivity contribution in [2.45, 2.75) is 10.6 Å². The number of benzene rings is 2. The van der Waals surface area contributed by atoms with Gasteiger partial charge in [-0.2, -0.15) is 0 Å². The molecule has 1 nitrogen and oxygen atoms in total. The van der Waals surface area contributed by atoms with Crippen molar-refractivity contribution < 1.29 is 9.13 Å². The summed E-state index contributed by atoms with van der Waals surface area (Å²) in [6, 6.07) is 12.9. The average Bonchev–Trinajstić information content (AvgIpc) is 2.38. The van der Waals surface area contributed by atoms with Gasteiger partial charge in [0.15, 0.2) is 0 Å². The van der Waals surface area contributed by atoms with E-state index >= 15 is 0 Å². The Labute approximate surface area is 118 Å². The number of rotatable bonds is 4. The van der Waals surface area contributed by atoms with E-state index in [1.807, 2.05) is 30.3 Å². The quantitative estimate of drug-likeness (QED) is 0.740. The monoisotopic (exact) mass is 326 g/mol. The van der Waals surface area contributed by atoms with Crippen molar-refractivity contribution in [2.75, 3.05) is 7.11 Å². The van der Waals surface area contributed by atoms with Gasteiger partial charge in [0.1, 0.15) is 11.6 Å². The van der Waals surface area contributed by atoms with Crippen LogP contribution in [0.1, 0.15) is 5.56 Å². The van der Waals surface area contributed by atoms with Crippen LogP contribution in [-0.2, 0) is 5.75 Å². The van der Waals surface area contributed by atoms with Crippen LogP contribution in [0.5, 0.6) is 5.75 Å². The second kappa shape index (κ2) is 6.25. The fourth-order valence-electron chi connectivity index (χ4n) is 1.47. The van der Waals surface area contributed by atoms with E-state index in [4.69, 9.17) is 4.74 Å². The van der Waals surface area contributed by atoms with Crippen molar-refractivity contribution >= 4 is 27.7 Å². The fourth-order valence-corrected chi connectivity index (χ4v) is 2.69. The highest BCUT2D eigenvalue weighted by molar-refractivity contribution is 9.10. The van der Waals surface area contributed by atoms with Crippen molar-refractivity contribution in [3.63, 3.8) is 0 Å². The lowest BCUT2D eigenvalue weighted by molar-refractivity contribution is 0.414. The third-order valence-electron chi connectivity index (χ3n) is 2.47. The summed E-state index contributed by atoms with van der Waals surface area (Å²) >= 11 is 4.85. The van der Waals surface area contributed by atoms with E-state index in [0.717, 1.165) is 15.1 Å². The van der Waals surface area contributed by atoms with Crippen LogP contribution in [0.15, 0.2) is 51.8 Å². The summed E-state index contributed by atoms with van der Waals surface area (Å²) < 4.78 is 19.5. The number of thioether (sulfide) groups is 1. The molecule has 2 aromatic rings. The van der Waals surface area contributed by atoms with Crippen molar-refractivity contribution in [2.24, 2.45) is 0 Å². The van der Waals surface area contributed by atoms with Gasteiger partial charge in [0.05, 0.1) is 7.11 Å².